The molecule has 1 aromatic rings. The van der Waals surface area contributed by atoms with Gasteiger partial charge in [-0.25, -0.2) is 4.79 Å². The van der Waals surface area contributed by atoms with Crippen molar-refractivity contribution in [3.8, 4) is 5.75 Å². The Morgan fingerprint density at radius 3 is 2.78 bits per heavy atom. The van der Waals surface area contributed by atoms with Crippen molar-refractivity contribution in [2.45, 2.75) is 26.2 Å². The minimum Gasteiger partial charge on any atom is -0.492 e. The Hall–Kier alpha value is -1.46. The zero-order valence-electron chi connectivity index (χ0n) is 13.6. The smallest absolute Gasteiger partial charge is 0.317 e. The van der Waals surface area contributed by atoms with Gasteiger partial charge in [0.05, 0.1) is 6.54 Å². The first-order valence-electron chi connectivity index (χ1n) is 8.10. The van der Waals surface area contributed by atoms with Gasteiger partial charge >= 0.3 is 6.03 Å². The molecule has 128 valence electrons. The number of carbonyl (C=O) groups is 1. The van der Waals surface area contributed by atoms with Gasteiger partial charge in [-0.3, -0.25) is 0 Å². The van der Waals surface area contributed by atoms with E-state index in [1.54, 1.807) is 12.1 Å². The van der Waals surface area contributed by atoms with E-state index < -0.39 is 0 Å². The number of hydrogen-bond donors (Lipinski definition) is 2. The lowest BCUT2D eigenvalue weighted by atomic mass is 9.77. The molecule has 1 aliphatic heterocycles. The van der Waals surface area contributed by atoms with Crippen LogP contribution in [0.4, 0.5) is 4.79 Å². The van der Waals surface area contributed by atoms with Gasteiger partial charge in [-0.2, -0.15) is 0 Å². The molecule has 2 N–H and O–H groups in total. The van der Waals surface area contributed by atoms with Crippen LogP contribution in [0.25, 0.3) is 0 Å². The molecule has 1 fully saturated rings. The number of benzene rings is 1. The van der Waals surface area contributed by atoms with Crippen LogP contribution in [0, 0.1) is 5.41 Å². The number of hydrogen-bond acceptors (Lipinski definition) is 3. The molecule has 1 aromatic carbocycles. The van der Waals surface area contributed by atoms with Crippen molar-refractivity contribution < 1.29 is 14.6 Å². The third kappa shape index (κ3) is 5.01. The van der Waals surface area contributed by atoms with Crippen LogP contribution in [0.15, 0.2) is 24.3 Å². The van der Waals surface area contributed by atoms with Gasteiger partial charge in [0.25, 0.3) is 0 Å². The number of aliphatic hydroxyl groups is 1. The van der Waals surface area contributed by atoms with E-state index in [0.29, 0.717) is 37.0 Å². The normalized spacial score (nSPS) is 16.9. The lowest BCUT2D eigenvalue weighted by Crippen LogP contribution is -2.48. The molecule has 0 atom stereocenters. The Balaban J connectivity index is 1.68. The number of nitrogens with one attached hydrogen (secondary N) is 1. The van der Waals surface area contributed by atoms with Crippen molar-refractivity contribution >= 4 is 17.6 Å². The van der Waals surface area contributed by atoms with E-state index in [1.165, 1.54) is 0 Å². The van der Waals surface area contributed by atoms with Crippen molar-refractivity contribution in [2.24, 2.45) is 5.41 Å². The van der Waals surface area contributed by atoms with Crippen molar-refractivity contribution in [2.75, 3.05) is 32.8 Å². The standard InChI is InChI=1S/C17H25ClN2O3/c1-2-17(13-21)6-9-20(10-7-17)16(22)19-8-11-23-15-5-3-4-14(18)12-15/h3-5,12,21H,2,6-11,13H2,1H3,(H,19,22). The number of carbonyl (C=O) groups excluding carboxylic acids is 1. The molecule has 1 heterocycles. The topological polar surface area (TPSA) is 61.8 Å². The van der Waals surface area contributed by atoms with E-state index in [4.69, 9.17) is 16.3 Å². The highest BCUT2D eigenvalue weighted by molar-refractivity contribution is 6.30. The molecule has 2 amide bonds. The molecule has 5 nitrogen and oxygen atoms in total. The number of rotatable bonds is 6. The number of aliphatic hydroxyl groups excluding tert-OH is 1. The fraction of sp³-hybridized carbons (Fsp3) is 0.588. The minimum atomic E-state index is -0.0673. The zero-order valence-corrected chi connectivity index (χ0v) is 14.3. The average Bonchev–Trinajstić information content (AvgIpc) is 2.58. The summed E-state index contributed by atoms with van der Waals surface area (Å²) in [7, 11) is 0. The van der Waals surface area contributed by atoms with Crippen LogP contribution in [0.3, 0.4) is 0 Å². The van der Waals surface area contributed by atoms with Gasteiger partial charge in [0.2, 0.25) is 0 Å². The number of urea groups is 1. The summed E-state index contributed by atoms with van der Waals surface area (Å²) in [5.41, 5.74) is -0.00747. The number of halogens is 1. The van der Waals surface area contributed by atoms with Crippen molar-refractivity contribution in [3.63, 3.8) is 0 Å². The third-order valence-electron chi connectivity index (χ3n) is 4.64. The molecule has 0 aliphatic carbocycles. The first-order chi connectivity index (χ1) is 11.1. The van der Waals surface area contributed by atoms with Gasteiger partial charge in [-0.05, 0) is 42.9 Å². The summed E-state index contributed by atoms with van der Waals surface area (Å²) < 4.78 is 5.54. The molecule has 0 aromatic heterocycles. The molecule has 1 aliphatic rings. The molecule has 0 radical (unpaired) electrons. The Morgan fingerprint density at radius 2 is 2.17 bits per heavy atom. The summed E-state index contributed by atoms with van der Waals surface area (Å²) in [5, 5.41) is 13.0. The van der Waals surface area contributed by atoms with E-state index in [0.717, 1.165) is 19.3 Å². The third-order valence-corrected chi connectivity index (χ3v) is 4.87. The highest BCUT2D eigenvalue weighted by Crippen LogP contribution is 2.34. The lowest BCUT2D eigenvalue weighted by Gasteiger charge is -2.40. The van der Waals surface area contributed by atoms with Gasteiger partial charge in [0, 0.05) is 24.7 Å². The largest absolute Gasteiger partial charge is 0.492 e. The van der Waals surface area contributed by atoms with E-state index in [-0.39, 0.29) is 18.1 Å². The van der Waals surface area contributed by atoms with Crippen molar-refractivity contribution in [3.05, 3.63) is 29.3 Å². The van der Waals surface area contributed by atoms with E-state index in [1.807, 2.05) is 17.0 Å². The number of ether oxygens (including phenoxy) is 1. The maximum absolute atomic E-state index is 12.1. The van der Waals surface area contributed by atoms with Crippen molar-refractivity contribution in [1.82, 2.24) is 10.2 Å². The molecular formula is C17H25ClN2O3. The molecule has 0 spiro atoms. The summed E-state index contributed by atoms with van der Waals surface area (Å²) >= 11 is 5.88. The fourth-order valence-corrected chi connectivity index (χ4v) is 2.98. The molecule has 23 heavy (non-hydrogen) atoms. The van der Waals surface area contributed by atoms with Crippen LogP contribution >= 0.6 is 11.6 Å². The van der Waals surface area contributed by atoms with Crippen LogP contribution in [0.5, 0.6) is 5.75 Å². The van der Waals surface area contributed by atoms with Gasteiger partial charge in [-0.1, -0.05) is 24.6 Å². The van der Waals surface area contributed by atoms with Crippen LogP contribution in [0.1, 0.15) is 26.2 Å². The second-order valence-corrected chi connectivity index (χ2v) is 6.47. The fourth-order valence-electron chi connectivity index (χ4n) is 2.80. The quantitative estimate of drug-likeness (QED) is 0.783. The minimum absolute atomic E-state index is 0.00747. The molecule has 2 rings (SSSR count). The van der Waals surface area contributed by atoms with Gasteiger partial charge in [0.15, 0.2) is 0 Å². The lowest BCUT2D eigenvalue weighted by molar-refractivity contribution is 0.0518. The Labute approximate surface area is 142 Å². The second kappa shape index (κ2) is 8.41. The zero-order chi connectivity index (χ0) is 16.7. The molecule has 0 unspecified atom stereocenters. The Kier molecular flexibility index (Phi) is 6.54. The summed E-state index contributed by atoms with van der Waals surface area (Å²) in [6.07, 6.45) is 2.66. The molecular weight excluding hydrogens is 316 g/mol. The number of likely N-dealkylation sites (tertiary alicyclic amines) is 1. The number of piperidine rings is 1. The average molecular weight is 341 g/mol. The van der Waals surface area contributed by atoms with Gasteiger partial charge in [0.1, 0.15) is 12.4 Å². The maximum atomic E-state index is 12.1. The molecule has 0 bridgehead atoms. The highest BCUT2D eigenvalue weighted by atomic mass is 35.5. The van der Waals surface area contributed by atoms with E-state index in [9.17, 15) is 9.90 Å². The van der Waals surface area contributed by atoms with Crippen LogP contribution in [-0.4, -0.2) is 48.9 Å². The van der Waals surface area contributed by atoms with Crippen LogP contribution in [0.2, 0.25) is 5.02 Å². The monoisotopic (exact) mass is 340 g/mol. The summed E-state index contributed by atoms with van der Waals surface area (Å²) in [6, 6.07) is 7.12. The maximum Gasteiger partial charge on any atom is 0.317 e. The van der Waals surface area contributed by atoms with E-state index >= 15 is 0 Å². The SMILES string of the molecule is CCC1(CO)CCN(C(=O)NCCOc2cccc(Cl)c2)CC1. The second-order valence-electron chi connectivity index (χ2n) is 6.04. The predicted molar refractivity (Wildman–Crippen MR) is 91.0 cm³/mol. The predicted octanol–water partition coefficient (Wildman–Crippen LogP) is 2.91. The summed E-state index contributed by atoms with van der Waals surface area (Å²) in [6.45, 7) is 4.52. The number of nitrogens with zero attached hydrogens (tertiary/aromatic N) is 1. The van der Waals surface area contributed by atoms with Gasteiger partial charge < -0.3 is 20.1 Å². The summed E-state index contributed by atoms with van der Waals surface area (Å²) in [5.74, 6) is 0.695. The van der Waals surface area contributed by atoms with Crippen LogP contribution in [-0.2, 0) is 0 Å². The van der Waals surface area contributed by atoms with Crippen LogP contribution < -0.4 is 10.1 Å². The molecule has 1 saturated heterocycles. The molecule has 6 heteroatoms. The summed E-state index contributed by atoms with van der Waals surface area (Å²) in [4.78, 5) is 13.9. The molecule has 0 saturated carbocycles. The first kappa shape index (κ1) is 17.9. The number of amides is 2. The Morgan fingerprint density at radius 1 is 1.43 bits per heavy atom. The van der Waals surface area contributed by atoms with Gasteiger partial charge in [-0.15, -0.1) is 0 Å². The Bertz CT molecular complexity index is 510. The van der Waals surface area contributed by atoms with Crippen molar-refractivity contribution in [1.29, 1.82) is 0 Å². The van der Waals surface area contributed by atoms with E-state index in [2.05, 4.69) is 12.2 Å². The highest BCUT2D eigenvalue weighted by Gasteiger charge is 2.33. The first-order valence-corrected chi connectivity index (χ1v) is 8.48.